The van der Waals surface area contributed by atoms with E-state index in [2.05, 4.69) is 15.5 Å². The largest absolute Gasteiger partial charge is 0.421 e. The summed E-state index contributed by atoms with van der Waals surface area (Å²) in [6.07, 6.45) is 0.517. The highest BCUT2D eigenvalue weighted by molar-refractivity contribution is 6.30. The van der Waals surface area contributed by atoms with Crippen LogP contribution < -0.4 is 5.32 Å². The van der Waals surface area contributed by atoms with Gasteiger partial charge < -0.3 is 9.73 Å². The standard InChI is InChI=1S/C13H14ClF2N3O/c1-7(2)17-4-3-12-18-19-13(20-12)8-5-11(16)9(14)6-10(8)15/h5-7,17H,3-4H2,1-2H3. The van der Waals surface area contributed by atoms with Crippen LogP contribution in [-0.2, 0) is 6.42 Å². The lowest BCUT2D eigenvalue weighted by molar-refractivity contribution is 0.481. The van der Waals surface area contributed by atoms with Crippen LogP contribution in [0.15, 0.2) is 16.5 Å². The van der Waals surface area contributed by atoms with Gasteiger partial charge in [-0.25, -0.2) is 8.78 Å². The van der Waals surface area contributed by atoms with Crippen molar-refractivity contribution in [2.75, 3.05) is 6.54 Å². The predicted molar refractivity (Wildman–Crippen MR) is 71.5 cm³/mol. The van der Waals surface area contributed by atoms with Crippen LogP contribution in [0.4, 0.5) is 8.78 Å². The first kappa shape index (κ1) is 14.9. The third-order valence-electron chi connectivity index (χ3n) is 2.60. The van der Waals surface area contributed by atoms with Crippen molar-refractivity contribution in [1.29, 1.82) is 0 Å². The molecule has 1 aromatic carbocycles. The molecule has 4 nitrogen and oxygen atoms in total. The number of nitrogens with one attached hydrogen (secondary N) is 1. The van der Waals surface area contributed by atoms with Gasteiger partial charge in [0.25, 0.3) is 5.89 Å². The molecule has 108 valence electrons. The molecule has 20 heavy (non-hydrogen) atoms. The molecular formula is C13H14ClF2N3O. The monoisotopic (exact) mass is 301 g/mol. The van der Waals surface area contributed by atoms with Crippen LogP contribution in [0.3, 0.4) is 0 Å². The summed E-state index contributed by atoms with van der Waals surface area (Å²) in [5.74, 6) is -1.13. The maximum absolute atomic E-state index is 13.7. The van der Waals surface area contributed by atoms with Crippen LogP contribution >= 0.6 is 11.6 Å². The molecule has 0 radical (unpaired) electrons. The highest BCUT2D eigenvalue weighted by atomic mass is 35.5. The van der Waals surface area contributed by atoms with Crippen molar-refractivity contribution in [2.45, 2.75) is 26.3 Å². The van der Waals surface area contributed by atoms with E-state index in [9.17, 15) is 8.78 Å². The van der Waals surface area contributed by atoms with Gasteiger partial charge in [0.2, 0.25) is 5.89 Å². The van der Waals surface area contributed by atoms with E-state index in [1.807, 2.05) is 13.8 Å². The molecular weight excluding hydrogens is 288 g/mol. The lowest BCUT2D eigenvalue weighted by Gasteiger charge is -2.04. The fraction of sp³-hybridized carbons (Fsp3) is 0.385. The van der Waals surface area contributed by atoms with E-state index in [1.165, 1.54) is 0 Å². The van der Waals surface area contributed by atoms with Crippen LogP contribution in [0.5, 0.6) is 0 Å². The molecule has 0 bridgehead atoms. The van der Waals surface area contributed by atoms with E-state index in [4.69, 9.17) is 16.0 Å². The Labute approximate surface area is 120 Å². The Morgan fingerprint density at radius 3 is 2.70 bits per heavy atom. The molecule has 2 rings (SSSR count). The van der Waals surface area contributed by atoms with Crippen molar-refractivity contribution in [1.82, 2.24) is 15.5 Å². The van der Waals surface area contributed by atoms with Gasteiger partial charge in [-0.15, -0.1) is 10.2 Å². The Bertz CT molecular complexity index is 601. The minimum Gasteiger partial charge on any atom is -0.421 e. The molecule has 7 heteroatoms. The Balaban J connectivity index is 2.14. The third-order valence-corrected chi connectivity index (χ3v) is 2.89. The SMILES string of the molecule is CC(C)NCCc1nnc(-c2cc(F)c(Cl)cc2F)o1. The van der Waals surface area contributed by atoms with Gasteiger partial charge in [-0.3, -0.25) is 0 Å². The van der Waals surface area contributed by atoms with Crippen molar-refractivity contribution < 1.29 is 13.2 Å². The summed E-state index contributed by atoms with van der Waals surface area (Å²) in [6.45, 7) is 4.70. The zero-order valence-electron chi connectivity index (χ0n) is 11.1. The van der Waals surface area contributed by atoms with Gasteiger partial charge >= 0.3 is 0 Å². The molecule has 0 aliphatic heterocycles. The number of halogens is 3. The number of nitrogens with zero attached hydrogens (tertiary/aromatic N) is 2. The molecule has 2 aromatic rings. The Hall–Kier alpha value is -1.53. The molecule has 0 fully saturated rings. The van der Waals surface area contributed by atoms with Gasteiger partial charge in [-0.05, 0) is 12.1 Å². The molecule has 0 spiro atoms. The highest BCUT2D eigenvalue weighted by Gasteiger charge is 2.16. The van der Waals surface area contributed by atoms with Crippen molar-refractivity contribution in [3.63, 3.8) is 0 Å². The summed E-state index contributed by atoms with van der Waals surface area (Å²) < 4.78 is 32.4. The lowest BCUT2D eigenvalue weighted by Crippen LogP contribution is -2.25. The van der Waals surface area contributed by atoms with Gasteiger partial charge in [0.1, 0.15) is 11.6 Å². The van der Waals surface area contributed by atoms with Gasteiger partial charge in [0, 0.05) is 19.0 Å². The molecule has 1 heterocycles. The molecule has 0 aliphatic rings. The van der Waals surface area contributed by atoms with E-state index in [-0.39, 0.29) is 16.5 Å². The van der Waals surface area contributed by atoms with E-state index >= 15 is 0 Å². The topological polar surface area (TPSA) is 51.0 Å². The Morgan fingerprint density at radius 2 is 2.00 bits per heavy atom. The van der Waals surface area contributed by atoms with Gasteiger partial charge in [-0.2, -0.15) is 0 Å². The zero-order chi connectivity index (χ0) is 14.7. The number of rotatable bonds is 5. The number of hydrogen-bond acceptors (Lipinski definition) is 4. The molecule has 0 atom stereocenters. The highest BCUT2D eigenvalue weighted by Crippen LogP contribution is 2.26. The van der Waals surface area contributed by atoms with E-state index in [0.29, 0.717) is 24.9 Å². The Morgan fingerprint density at radius 1 is 1.25 bits per heavy atom. The smallest absolute Gasteiger partial charge is 0.250 e. The zero-order valence-corrected chi connectivity index (χ0v) is 11.8. The van der Waals surface area contributed by atoms with Gasteiger partial charge in [0.05, 0.1) is 10.6 Å². The first-order chi connectivity index (χ1) is 9.47. The molecule has 0 amide bonds. The molecule has 0 saturated carbocycles. The maximum atomic E-state index is 13.7. The minimum atomic E-state index is -0.732. The first-order valence-corrected chi connectivity index (χ1v) is 6.56. The van der Waals surface area contributed by atoms with Crippen LogP contribution in [0.2, 0.25) is 5.02 Å². The summed E-state index contributed by atoms with van der Waals surface area (Å²) in [5.41, 5.74) is -0.0949. The maximum Gasteiger partial charge on any atom is 0.250 e. The quantitative estimate of drug-likeness (QED) is 0.862. The molecule has 0 aliphatic carbocycles. The average Bonchev–Trinajstić information content (AvgIpc) is 2.82. The summed E-state index contributed by atoms with van der Waals surface area (Å²) in [5, 5.41) is 10.4. The van der Waals surface area contributed by atoms with Crippen LogP contribution in [-0.4, -0.2) is 22.8 Å². The summed E-state index contributed by atoms with van der Waals surface area (Å²) in [7, 11) is 0. The normalized spacial score (nSPS) is 11.3. The summed E-state index contributed by atoms with van der Waals surface area (Å²) >= 11 is 5.49. The molecule has 0 unspecified atom stereocenters. The Kier molecular flexibility index (Phi) is 4.67. The van der Waals surface area contributed by atoms with Crippen molar-refractivity contribution in [2.24, 2.45) is 0 Å². The van der Waals surface area contributed by atoms with Crippen LogP contribution in [0.25, 0.3) is 11.5 Å². The second kappa shape index (κ2) is 6.28. The molecule has 1 N–H and O–H groups in total. The fourth-order valence-corrected chi connectivity index (χ4v) is 1.77. The number of hydrogen-bond donors (Lipinski definition) is 1. The van der Waals surface area contributed by atoms with E-state index in [0.717, 1.165) is 12.1 Å². The summed E-state index contributed by atoms with van der Waals surface area (Å²) in [6, 6.07) is 2.18. The lowest BCUT2D eigenvalue weighted by atomic mass is 10.2. The van der Waals surface area contributed by atoms with Crippen molar-refractivity contribution in [3.05, 3.63) is 34.7 Å². The number of aromatic nitrogens is 2. The van der Waals surface area contributed by atoms with Crippen molar-refractivity contribution >= 4 is 11.6 Å². The number of benzene rings is 1. The third kappa shape index (κ3) is 3.52. The van der Waals surface area contributed by atoms with Gasteiger partial charge in [0.15, 0.2) is 0 Å². The van der Waals surface area contributed by atoms with Crippen LogP contribution in [0.1, 0.15) is 19.7 Å². The van der Waals surface area contributed by atoms with Crippen molar-refractivity contribution in [3.8, 4) is 11.5 Å². The van der Waals surface area contributed by atoms with Crippen LogP contribution in [0, 0.1) is 11.6 Å². The van der Waals surface area contributed by atoms with E-state index < -0.39 is 11.6 Å². The average molecular weight is 302 g/mol. The van der Waals surface area contributed by atoms with E-state index in [1.54, 1.807) is 0 Å². The first-order valence-electron chi connectivity index (χ1n) is 6.18. The second-order valence-electron chi connectivity index (χ2n) is 4.61. The predicted octanol–water partition coefficient (Wildman–Crippen LogP) is 3.21. The minimum absolute atomic E-state index is 0.0578. The molecule has 0 saturated heterocycles. The van der Waals surface area contributed by atoms with Gasteiger partial charge in [-0.1, -0.05) is 25.4 Å². The molecule has 1 aromatic heterocycles. The summed E-state index contributed by atoms with van der Waals surface area (Å²) in [4.78, 5) is 0. The second-order valence-corrected chi connectivity index (χ2v) is 5.01. The fourth-order valence-electron chi connectivity index (χ4n) is 1.62.